The van der Waals surface area contributed by atoms with Gasteiger partial charge in [0.05, 0.1) is 6.61 Å². The van der Waals surface area contributed by atoms with Gasteiger partial charge >= 0.3 is 5.97 Å². The molecule has 2 N–H and O–H groups in total. The second kappa shape index (κ2) is 5.02. The number of hydrogen-bond donors (Lipinski definition) is 1. The number of nitrogens with two attached hydrogens (primary N) is 1. The molecule has 17 heavy (non-hydrogen) atoms. The topological polar surface area (TPSA) is 52.3 Å². The van der Waals surface area contributed by atoms with Crippen molar-refractivity contribution in [2.24, 2.45) is 5.73 Å². The summed E-state index contributed by atoms with van der Waals surface area (Å²) in [5, 5.41) is 0. The summed E-state index contributed by atoms with van der Waals surface area (Å²) in [7, 11) is 0. The van der Waals surface area contributed by atoms with E-state index in [9.17, 15) is 9.18 Å². The highest BCUT2D eigenvalue weighted by molar-refractivity contribution is 5.85. The van der Waals surface area contributed by atoms with E-state index >= 15 is 0 Å². The molecule has 0 heterocycles. The summed E-state index contributed by atoms with van der Waals surface area (Å²) in [5.41, 5.74) is 6.70. The van der Waals surface area contributed by atoms with Gasteiger partial charge in [-0.3, -0.25) is 4.79 Å². The van der Waals surface area contributed by atoms with Crippen LogP contribution in [0.3, 0.4) is 0 Å². The molecule has 0 bridgehead atoms. The van der Waals surface area contributed by atoms with E-state index in [4.69, 9.17) is 10.5 Å². The van der Waals surface area contributed by atoms with Crippen LogP contribution in [0.4, 0.5) is 4.39 Å². The van der Waals surface area contributed by atoms with E-state index in [0.29, 0.717) is 19.4 Å². The van der Waals surface area contributed by atoms with Crippen LogP contribution < -0.4 is 5.73 Å². The fourth-order valence-electron chi connectivity index (χ4n) is 2.09. The van der Waals surface area contributed by atoms with Gasteiger partial charge in [-0.25, -0.2) is 4.39 Å². The highest BCUT2D eigenvalue weighted by Gasteiger charge is 2.41. The molecule has 0 spiro atoms. The van der Waals surface area contributed by atoms with Gasteiger partial charge in [-0.2, -0.15) is 0 Å². The number of halogens is 2. The Morgan fingerprint density at radius 1 is 1.47 bits per heavy atom. The van der Waals surface area contributed by atoms with Crippen molar-refractivity contribution in [3.05, 3.63) is 35.1 Å². The summed E-state index contributed by atoms with van der Waals surface area (Å²) in [6, 6.07) is 4.50. The van der Waals surface area contributed by atoms with Crippen LogP contribution in [0.2, 0.25) is 0 Å². The van der Waals surface area contributed by atoms with Crippen molar-refractivity contribution in [2.75, 3.05) is 6.61 Å². The predicted octanol–water partition coefficient (Wildman–Crippen LogP) is 1.61. The molecule has 1 aromatic rings. The number of carbonyl (C=O) groups excluding carboxylic acids is 1. The summed E-state index contributed by atoms with van der Waals surface area (Å²) in [6.45, 7) is 2.05. The van der Waals surface area contributed by atoms with E-state index in [1.807, 2.05) is 0 Å². The molecular formula is C12H15ClFNO2. The lowest BCUT2D eigenvalue weighted by Gasteiger charge is -2.20. The lowest BCUT2D eigenvalue weighted by atomic mass is 9.98. The van der Waals surface area contributed by atoms with Gasteiger partial charge in [0.25, 0.3) is 0 Å². The standard InChI is InChI=1S/C12H14FNO2.ClH/c1-2-16-11(15)12(14)6-8-3-4-10(13)5-9(8)7-12;/h3-5H,2,6-7,14H2,1H3;1H. The first kappa shape index (κ1) is 13.9. The van der Waals surface area contributed by atoms with Crippen LogP contribution >= 0.6 is 12.4 Å². The van der Waals surface area contributed by atoms with Crippen molar-refractivity contribution < 1.29 is 13.9 Å². The lowest BCUT2D eigenvalue weighted by Crippen LogP contribution is -2.50. The third-order valence-corrected chi connectivity index (χ3v) is 2.86. The van der Waals surface area contributed by atoms with Crippen LogP contribution in [0.1, 0.15) is 18.1 Å². The summed E-state index contributed by atoms with van der Waals surface area (Å²) >= 11 is 0. The Morgan fingerprint density at radius 3 is 2.76 bits per heavy atom. The third-order valence-electron chi connectivity index (χ3n) is 2.86. The number of carbonyl (C=O) groups is 1. The highest BCUT2D eigenvalue weighted by atomic mass is 35.5. The maximum atomic E-state index is 13.0. The number of fused-ring (bicyclic) bond motifs is 1. The van der Waals surface area contributed by atoms with E-state index in [1.165, 1.54) is 12.1 Å². The van der Waals surface area contributed by atoms with Gasteiger partial charge in [-0.05, 0) is 30.2 Å². The zero-order valence-electron chi connectivity index (χ0n) is 9.53. The largest absolute Gasteiger partial charge is 0.465 e. The van der Waals surface area contributed by atoms with E-state index in [-0.39, 0.29) is 18.2 Å². The molecule has 1 aliphatic rings. The fourth-order valence-corrected chi connectivity index (χ4v) is 2.09. The molecule has 3 nitrogen and oxygen atoms in total. The Labute approximate surface area is 106 Å². The average Bonchev–Trinajstić information content (AvgIpc) is 2.55. The Morgan fingerprint density at radius 2 is 2.12 bits per heavy atom. The minimum Gasteiger partial charge on any atom is -0.465 e. The lowest BCUT2D eigenvalue weighted by molar-refractivity contribution is -0.149. The van der Waals surface area contributed by atoms with Crippen LogP contribution in [0.25, 0.3) is 0 Å². The van der Waals surface area contributed by atoms with Gasteiger partial charge in [-0.1, -0.05) is 6.07 Å². The molecule has 1 aliphatic carbocycles. The average molecular weight is 260 g/mol. The summed E-state index contributed by atoms with van der Waals surface area (Å²) in [6.07, 6.45) is 0.764. The van der Waals surface area contributed by atoms with Gasteiger partial charge < -0.3 is 10.5 Å². The Balaban J connectivity index is 0.00000144. The molecular weight excluding hydrogens is 245 g/mol. The molecule has 0 saturated heterocycles. The zero-order valence-corrected chi connectivity index (χ0v) is 10.3. The van der Waals surface area contributed by atoms with Gasteiger partial charge in [0.15, 0.2) is 0 Å². The van der Waals surface area contributed by atoms with Crippen LogP contribution in [-0.2, 0) is 22.4 Å². The minimum absolute atomic E-state index is 0. The Kier molecular flexibility index (Phi) is 4.11. The quantitative estimate of drug-likeness (QED) is 0.821. The van der Waals surface area contributed by atoms with Crippen molar-refractivity contribution >= 4 is 18.4 Å². The molecule has 0 aromatic heterocycles. The maximum Gasteiger partial charge on any atom is 0.326 e. The van der Waals surface area contributed by atoms with Gasteiger partial charge in [-0.15, -0.1) is 12.4 Å². The molecule has 2 rings (SSSR count). The van der Waals surface area contributed by atoms with Gasteiger partial charge in [0.2, 0.25) is 0 Å². The number of rotatable bonds is 2. The number of hydrogen-bond acceptors (Lipinski definition) is 3. The smallest absolute Gasteiger partial charge is 0.326 e. The highest BCUT2D eigenvalue weighted by Crippen LogP contribution is 2.29. The first-order chi connectivity index (χ1) is 7.55. The molecule has 94 valence electrons. The van der Waals surface area contributed by atoms with E-state index < -0.39 is 11.5 Å². The molecule has 1 atom stereocenters. The van der Waals surface area contributed by atoms with Crippen molar-refractivity contribution in [3.8, 4) is 0 Å². The molecule has 1 unspecified atom stereocenters. The number of ether oxygens (including phenoxy) is 1. The van der Waals surface area contributed by atoms with Crippen molar-refractivity contribution in [1.82, 2.24) is 0 Å². The van der Waals surface area contributed by atoms with E-state index in [0.717, 1.165) is 11.1 Å². The Bertz CT molecular complexity index is 439. The van der Waals surface area contributed by atoms with E-state index in [2.05, 4.69) is 0 Å². The first-order valence-corrected chi connectivity index (χ1v) is 5.28. The SMILES string of the molecule is CCOC(=O)C1(N)Cc2ccc(F)cc2C1.Cl. The molecule has 0 fully saturated rings. The van der Waals surface area contributed by atoms with E-state index in [1.54, 1.807) is 13.0 Å². The second-order valence-electron chi connectivity index (χ2n) is 4.14. The monoisotopic (exact) mass is 259 g/mol. The first-order valence-electron chi connectivity index (χ1n) is 5.28. The van der Waals surface area contributed by atoms with Crippen LogP contribution in [0, 0.1) is 5.82 Å². The van der Waals surface area contributed by atoms with Crippen molar-refractivity contribution in [1.29, 1.82) is 0 Å². The summed E-state index contributed by atoms with van der Waals surface area (Å²) in [4.78, 5) is 11.7. The van der Waals surface area contributed by atoms with Crippen molar-refractivity contribution in [2.45, 2.75) is 25.3 Å². The van der Waals surface area contributed by atoms with Crippen LogP contribution in [0.5, 0.6) is 0 Å². The maximum absolute atomic E-state index is 13.0. The van der Waals surface area contributed by atoms with Crippen LogP contribution in [0.15, 0.2) is 18.2 Å². The molecule has 0 saturated carbocycles. The fraction of sp³-hybridized carbons (Fsp3) is 0.417. The minimum atomic E-state index is -1.02. The molecule has 5 heteroatoms. The molecule has 1 aromatic carbocycles. The van der Waals surface area contributed by atoms with Crippen molar-refractivity contribution in [3.63, 3.8) is 0 Å². The van der Waals surface area contributed by atoms with Gasteiger partial charge in [0, 0.05) is 12.8 Å². The number of esters is 1. The normalized spacial score (nSPS) is 21.6. The molecule has 0 radical (unpaired) electrons. The summed E-state index contributed by atoms with van der Waals surface area (Å²) in [5.74, 6) is -0.710. The molecule has 0 amide bonds. The predicted molar refractivity (Wildman–Crippen MR) is 64.6 cm³/mol. The second-order valence-corrected chi connectivity index (χ2v) is 4.14. The van der Waals surface area contributed by atoms with Gasteiger partial charge in [0.1, 0.15) is 11.4 Å². The number of benzene rings is 1. The van der Waals surface area contributed by atoms with Crippen LogP contribution in [-0.4, -0.2) is 18.1 Å². The zero-order chi connectivity index (χ0) is 11.8. The molecule has 0 aliphatic heterocycles. The summed E-state index contributed by atoms with van der Waals surface area (Å²) < 4.78 is 17.9. The third kappa shape index (κ3) is 2.58. The Hall–Kier alpha value is -1.13.